The van der Waals surface area contributed by atoms with E-state index in [1.165, 1.54) is 12.8 Å². The Morgan fingerprint density at radius 1 is 1.16 bits per heavy atom. The van der Waals surface area contributed by atoms with E-state index in [-0.39, 0.29) is 0 Å². The lowest BCUT2D eigenvalue weighted by molar-refractivity contribution is 1.04. The highest BCUT2D eigenvalue weighted by atomic mass is 15.2. The molecule has 1 fully saturated rings. The van der Waals surface area contributed by atoms with Crippen molar-refractivity contribution in [3.8, 4) is 11.3 Å². The van der Waals surface area contributed by atoms with E-state index >= 15 is 0 Å². The van der Waals surface area contributed by atoms with Crippen molar-refractivity contribution in [1.29, 1.82) is 0 Å². The molecule has 3 rings (SSSR count). The molecular formula is C15H18N4. The van der Waals surface area contributed by atoms with E-state index in [1.807, 2.05) is 24.3 Å². The SMILES string of the molecule is CCNc1cc(-c2ccccc2)nc(NC2CC2)n1. The van der Waals surface area contributed by atoms with Crippen LogP contribution in [0, 0.1) is 0 Å². The molecule has 0 spiro atoms. The number of rotatable bonds is 5. The van der Waals surface area contributed by atoms with Crippen molar-refractivity contribution >= 4 is 11.8 Å². The van der Waals surface area contributed by atoms with E-state index in [4.69, 9.17) is 0 Å². The summed E-state index contributed by atoms with van der Waals surface area (Å²) >= 11 is 0. The first kappa shape index (κ1) is 12.0. The number of benzene rings is 1. The summed E-state index contributed by atoms with van der Waals surface area (Å²) in [4.78, 5) is 9.10. The molecule has 19 heavy (non-hydrogen) atoms. The standard InChI is InChI=1S/C15H18N4/c1-2-16-14-10-13(11-6-4-3-5-7-11)18-15(19-14)17-12-8-9-12/h3-7,10,12H,2,8-9H2,1H3,(H2,16,17,18,19). The lowest BCUT2D eigenvalue weighted by Gasteiger charge is -2.10. The third-order valence-electron chi connectivity index (χ3n) is 3.06. The van der Waals surface area contributed by atoms with Gasteiger partial charge in [-0.3, -0.25) is 0 Å². The molecule has 0 aliphatic heterocycles. The minimum atomic E-state index is 0.556. The van der Waals surface area contributed by atoms with Crippen molar-refractivity contribution in [2.24, 2.45) is 0 Å². The Labute approximate surface area is 113 Å². The first-order chi connectivity index (χ1) is 9.35. The molecule has 1 heterocycles. The van der Waals surface area contributed by atoms with Gasteiger partial charge in [-0.2, -0.15) is 4.98 Å². The molecule has 0 atom stereocenters. The number of hydrogen-bond donors (Lipinski definition) is 2. The molecule has 1 aromatic carbocycles. The lowest BCUT2D eigenvalue weighted by atomic mass is 10.1. The van der Waals surface area contributed by atoms with Crippen molar-refractivity contribution in [2.75, 3.05) is 17.2 Å². The number of nitrogens with zero attached hydrogens (tertiary/aromatic N) is 2. The molecule has 1 aliphatic carbocycles. The number of aromatic nitrogens is 2. The van der Waals surface area contributed by atoms with Crippen LogP contribution in [0.3, 0.4) is 0 Å². The molecule has 4 heteroatoms. The predicted octanol–water partition coefficient (Wildman–Crippen LogP) is 3.15. The van der Waals surface area contributed by atoms with Crippen molar-refractivity contribution in [3.63, 3.8) is 0 Å². The molecule has 1 aliphatic rings. The van der Waals surface area contributed by atoms with Crippen LogP contribution < -0.4 is 10.6 Å². The molecule has 0 saturated heterocycles. The van der Waals surface area contributed by atoms with Gasteiger partial charge in [-0.25, -0.2) is 4.98 Å². The zero-order valence-corrected chi connectivity index (χ0v) is 11.1. The van der Waals surface area contributed by atoms with E-state index < -0.39 is 0 Å². The van der Waals surface area contributed by atoms with Crippen LogP contribution in [0.1, 0.15) is 19.8 Å². The van der Waals surface area contributed by atoms with Gasteiger partial charge in [-0.1, -0.05) is 30.3 Å². The smallest absolute Gasteiger partial charge is 0.225 e. The summed E-state index contributed by atoms with van der Waals surface area (Å²) in [5.41, 5.74) is 2.07. The minimum absolute atomic E-state index is 0.556. The van der Waals surface area contributed by atoms with Crippen LogP contribution in [0.25, 0.3) is 11.3 Å². The van der Waals surface area contributed by atoms with Crippen LogP contribution in [-0.2, 0) is 0 Å². The maximum absolute atomic E-state index is 4.60. The third kappa shape index (κ3) is 3.02. The molecule has 98 valence electrons. The number of hydrogen-bond acceptors (Lipinski definition) is 4. The molecular weight excluding hydrogens is 236 g/mol. The second-order valence-corrected chi connectivity index (χ2v) is 4.78. The Balaban J connectivity index is 1.94. The zero-order valence-electron chi connectivity index (χ0n) is 11.1. The van der Waals surface area contributed by atoms with Crippen LogP contribution in [0.4, 0.5) is 11.8 Å². The average Bonchev–Trinajstić information content (AvgIpc) is 3.24. The summed E-state index contributed by atoms with van der Waals surface area (Å²) in [6, 6.07) is 12.8. The van der Waals surface area contributed by atoms with Crippen LogP contribution in [-0.4, -0.2) is 22.6 Å². The highest BCUT2D eigenvalue weighted by Crippen LogP contribution is 2.26. The van der Waals surface area contributed by atoms with Gasteiger partial charge in [-0.05, 0) is 19.8 Å². The van der Waals surface area contributed by atoms with E-state index in [2.05, 4.69) is 39.7 Å². The largest absolute Gasteiger partial charge is 0.370 e. The van der Waals surface area contributed by atoms with E-state index in [0.29, 0.717) is 6.04 Å². The van der Waals surface area contributed by atoms with Gasteiger partial charge < -0.3 is 10.6 Å². The van der Waals surface area contributed by atoms with Gasteiger partial charge in [-0.15, -0.1) is 0 Å². The molecule has 2 N–H and O–H groups in total. The van der Waals surface area contributed by atoms with E-state index in [1.54, 1.807) is 0 Å². The quantitative estimate of drug-likeness (QED) is 0.860. The molecule has 0 unspecified atom stereocenters. The molecule has 0 radical (unpaired) electrons. The predicted molar refractivity (Wildman–Crippen MR) is 78.3 cm³/mol. The first-order valence-corrected chi connectivity index (χ1v) is 6.80. The summed E-state index contributed by atoms with van der Waals surface area (Å²) in [5.74, 6) is 1.60. The summed E-state index contributed by atoms with van der Waals surface area (Å²) < 4.78 is 0. The summed E-state index contributed by atoms with van der Waals surface area (Å²) in [7, 11) is 0. The molecule has 1 aromatic heterocycles. The van der Waals surface area contributed by atoms with Gasteiger partial charge in [0.1, 0.15) is 5.82 Å². The summed E-state index contributed by atoms with van der Waals surface area (Å²) in [6.45, 7) is 2.92. The Morgan fingerprint density at radius 2 is 1.95 bits per heavy atom. The summed E-state index contributed by atoms with van der Waals surface area (Å²) in [5, 5.41) is 6.62. The van der Waals surface area contributed by atoms with Gasteiger partial charge in [0.25, 0.3) is 0 Å². The fourth-order valence-electron chi connectivity index (χ4n) is 1.95. The maximum Gasteiger partial charge on any atom is 0.225 e. The first-order valence-electron chi connectivity index (χ1n) is 6.80. The zero-order chi connectivity index (χ0) is 13.1. The van der Waals surface area contributed by atoms with E-state index in [0.717, 1.165) is 29.6 Å². The Hall–Kier alpha value is -2.10. The van der Waals surface area contributed by atoms with E-state index in [9.17, 15) is 0 Å². The van der Waals surface area contributed by atoms with Crippen LogP contribution in [0.2, 0.25) is 0 Å². The molecule has 2 aromatic rings. The molecule has 0 amide bonds. The van der Waals surface area contributed by atoms with Gasteiger partial charge in [0, 0.05) is 24.2 Å². The average molecular weight is 254 g/mol. The van der Waals surface area contributed by atoms with Crippen molar-refractivity contribution in [2.45, 2.75) is 25.8 Å². The topological polar surface area (TPSA) is 49.8 Å². The van der Waals surface area contributed by atoms with Gasteiger partial charge >= 0.3 is 0 Å². The van der Waals surface area contributed by atoms with Crippen LogP contribution in [0.15, 0.2) is 36.4 Å². The Morgan fingerprint density at radius 3 is 2.63 bits per heavy atom. The number of anilines is 2. The Kier molecular flexibility index (Phi) is 3.31. The monoisotopic (exact) mass is 254 g/mol. The number of nitrogens with one attached hydrogen (secondary N) is 2. The molecule has 0 bridgehead atoms. The second-order valence-electron chi connectivity index (χ2n) is 4.78. The normalized spacial score (nSPS) is 14.2. The van der Waals surface area contributed by atoms with Crippen molar-refractivity contribution < 1.29 is 0 Å². The van der Waals surface area contributed by atoms with Crippen LogP contribution >= 0.6 is 0 Å². The fourth-order valence-corrected chi connectivity index (χ4v) is 1.95. The molecule has 1 saturated carbocycles. The highest BCUT2D eigenvalue weighted by Gasteiger charge is 2.22. The van der Waals surface area contributed by atoms with Gasteiger partial charge in [0.2, 0.25) is 5.95 Å². The third-order valence-corrected chi connectivity index (χ3v) is 3.06. The second kappa shape index (κ2) is 5.26. The van der Waals surface area contributed by atoms with Gasteiger partial charge in [0.15, 0.2) is 0 Å². The van der Waals surface area contributed by atoms with Crippen LogP contribution in [0.5, 0.6) is 0 Å². The van der Waals surface area contributed by atoms with Crippen molar-refractivity contribution in [3.05, 3.63) is 36.4 Å². The van der Waals surface area contributed by atoms with Gasteiger partial charge in [0.05, 0.1) is 5.69 Å². The Bertz CT molecular complexity index is 549. The fraction of sp³-hybridized carbons (Fsp3) is 0.333. The maximum atomic E-state index is 4.60. The highest BCUT2D eigenvalue weighted by molar-refractivity contribution is 5.64. The lowest BCUT2D eigenvalue weighted by Crippen LogP contribution is -2.08. The van der Waals surface area contributed by atoms with Crippen molar-refractivity contribution in [1.82, 2.24) is 9.97 Å². The minimum Gasteiger partial charge on any atom is -0.370 e. The molecule has 4 nitrogen and oxygen atoms in total. The summed E-state index contributed by atoms with van der Waals surface area (Å²) in [6.07, 6.45) is 2.44.